The SMILES string of the molecule is O=Cc1ccc(S)c2cc(I)sc12. The lowest BCUT2D eigenvalue weighted by Gasteiger charge is -1.96. The fourth-order valence-corrected chi connectivity index (χ4v) is 3.38. The number of carbonyl (C=O) groups excluding carboxylic acids is 1. The van der Waals surface area contributed by atoms with Crippen molar-refractivity contribution in [2.24, 2.45) is 0 Å². The van der Waals surface area contributed by atoms with Crippen molar-refractivity contribution < 1.29 is 4.79 Å². The van der Waals surface area contributed by atoms with E-state index in [0.717, 1.165) is 26.8 Å². The van der Waals surface area contributed by atoms with Crippen LogP contribution < -0.4 is 0 Å². The van der Waals surface area contributed by atoms with Gasteiger partial charge in [0.15, 0.2) is 6.29 Å². The average Bonchev–Trinajstić information content (AvgIpc) is 2.48. The minimum atomic E-state index is 0.751. The number of carbonyl (C=O) groups is 1. The van der Waals surface area contributed by atoms with Crippen LogP contribution in [-0.2, 0) is 0 Å². The molecule has 0 aliphatic rings. The van der Waals surface area contributed by atoms with Crippen molar-refractivity contribution in [2.45, 2.75) is 4.90 Å². The number of hydrogen-bond donors (Lipinski definition) is 1. The van der Waals surface area contributed by atoms with Crippen LogP contribution in [0, 0.1) is 2.88 Å². The molecule has 4 heteroatoms. The fraction of sp³-hybridized carbons (Fsp3) is 0. The lowest BCUT2D eigenvalue weighted by Crippen LogP contribution is -1.79. The first kappa shape index (κ1) is 9.48. The Balaban J connectivity index is 2.91. The molecule has 0 bridgehead atoms. The van der Waals surface area contributed by atoms with E-state index in [0.29, 0.717) is 0 Å². The molecule has 13 heavy (non-hydrogen) atoms. The van der Waals surface area contributed by atoms with E-state index in [1.807, 2.05) is 12.1 Å². The highest BCUT2D eigenvalue weighted by atomic mass is 127. The Morgan fingerprint density at radius 3 is 2.92 bits per heavy atom. The summed E-state index contributed by atoms with van der Waals surface area (Å²) in [6, 6.07) is 5.72. The lowest BCUT2D eigenvalue weighted by molar-refractivity contribution is 0.112. The summed E-state index contributed by atoms with van der Waals surface area (Å²) in [7, 11) is 0. The molecule has 1 nitrogen and oxygen atoms in total. The largest absolute Gasteiger partial charge is 0.298 e. The predicted molar refractivity (Wildman–Crippen MR) is 67.2 cm³/mol. The van der Waals surface area contributed by atoms with E-state index in [1.165, 1.54) is 2.88 Å². The van der Waals surface area contributed by atoms with Gasteiger partial charge in [-0.3, -0.25) is 4.79 Å². The molecule has 0 aliphatic heterocycles. The molecule has 2 rings (SSSR count). The maximum Gasteiger partial charge on any atom is 0.151 e. The second kappa shape index (κ2) is 3.59. The number of aldehydes is 1. The highest BCUT2D eigenvalue weighted by molar-refractivity contribution is 14.1. The molecule has 0 saturated carbocycles. The summed E-state index contributed by atoms with van der Waals surface area (Å²) in [5.41, 5.74) is 0.751. The van der Waals surface area contributed by atoms with E-state index in [1.54, 1.807) is 11.3 Å². The third-order valence-electron chi connectivity index (χ3n) is 1.79. The monoisotopic (exact) mass is 320 g/mol. The van der Waals surface area contributed by atoms with E-state index in [-0.39, 0.29) is 0 Å². The summed E-state index contributed by atoms with van der Waals surface area (Å²) in [6.07, 6.45) is 0.891. The van der Waals surface area contributed by atoms with Crippen molar-refractivity contribution in [1.29, 1.82) is 0 Å². The molecule has 0 unspecified atom stereocenters. The van der Waals surface area contributed by atoms with Crippen LogP contribution in [0.4, 0.5) is 0 Å². The van der Waals surface area contributed by atoms with Crippen molar-refractivity contribution in [3.63, 3.8) is 0 Å². The molecule has 0 aliphatic carbocycles. The first-order valence-corrected chi connectivity index (χ1v) is 5.93. The number of thiophene rings is 1. The van der Waals surface area contributed by atoms with Crippen molar-refractivity contribution in [3.8, 4) is 0 Å². The third-order valence-corrected chi connectivity index (χ3v) is 4.12. The number of rotatable bonds is 1. The van der Waals surface area contributed by atoms with Crippen molar-refractivity contribution in [2.75, 3.05) is 0 Å². The second-order valence-electron chi connectivity index (χ2n) is 2.59. The van der Waals surface area contributed by atoms with Crippen LogP contribution in [0.3, 0.4) is 0 Å². The molecule has 1 aromatic heterocycles. The van der Waals surface area contributed by atoms with Crippen molar-refractivity contribution in [3.05, 3.63) is 26.6 Å². The van der Waals surface area contributed by atoms with Gasteiger partial charge in [0, 0.05) is 20.5 Å². The Morgan fingerprint density at radius 2 is 2.23 bits per heavy atom. The van der Waals surface area contributed by atoms with E-state index in [4.69, 9.17) is 0 Å². The average molecular weight is 320 g/mol. The standard InChI is InChI=1S/C9H5IOS2/c10-8-3-6-7(12)2-1-5(4-11)9(6)13-8/h1-4,12H. The van der Waals surface area contributed by atoms with Crippen LogP contribution in [0.25, 0.3) is 10.1 Å². The Morgan fingerprint density at radius 1 is 1.46 bits per heavy atom. The van der Waals surface area contributed by atoms with Crippen LogP contribution in [0.1, 0.15) is 10.4 Å². The number of fused-ring (bicyclic) bond motifs is 1. The predicted octanol–water partition coefficient (Wildman–Crippen LogP) is 3.61. The molecule has 0 atom stereocenters. The number of thiol groups is 1. The lowest BCUT2D eigenvalue weighted by atomic mass is 10.2. The van der Waals surface area contributed by atoms with Crippen molar-refractivity contribution in [1.82, 2.24) is 0 Å². The summed E-state index contributed by atoms with van der Waals surface area (Å²) < 4.78 is 2.21. The van der Waals surface area contributed by atoms with Crippen LogP contribution in [0.15, 0.2) is 23.1 Å². The summed E-state index contributed by atoms with van der Waals surface area (Å²) in [4.78, 5) is 11.7. The van der Waals surface area contributed by atoms with Crippen LogP contribution in [0.5, 0.6) is 0 Å². The van der Waals surface area contributed by atoms with Crippen LogP contribution in [-0.4, -0.2) is 6.29 Å². The molecule has 0 fully saturated rings. The molecule has 0 saturated heterocycles. The number of hydrogen-bond acceptors (Lipinski definition) is 3. The van der Waals surface area contributed by atoms with Gasteiger partial charge in [-0.1, -0.05) is 0 Å². The topological polar surface area (TPSA) is 17.1 Å². The number of benzene rings is 1. The molecule has 0 amide bonds. The summed E-state index contributed by atoms with van der Waals surface area (Å²) in [5.74, 6) is 0. The van der Waals surface area contributed by atoms with Gasteiger partial charge in [-0.2, -0.15) is 0 Å². The maximum atomic E-state index is 10.7. The molecule has 66 valence electrons. The Bertz CT molecular complexity index is 476. The van der Waals surface area contributed by atoms with Crippen LogP contribution in [0.2, 0.25) is 0 Å². The summed E-state index contributed by atoms with van der Waals surface area (Å²) >= 11 is 8.21. The van der Waals surface area contributed by atoms with Crippen molar-refractivity contribution >= 4 is 62.9 Å². The fourth-order valence-electron chi connectivity index (χ4n) is 1.19. The van der Waals surface area contributed by atoms with Gasteiger partial charge in [-0.15, -0.1) is 24.0 Å². The molecule has 0 radical (unpaired) electrons. The van der Waals surface area contributed by atoms with Gasteiger partial charge in [0.05, 0.1) is 2.88 Å². The second-order valence-corrected chi connectivity index (χ2v) is 6.01. The summed E-state index contributed by atoms with van der Waals surface area (Å²) in [5, 5.41) is 1.07. The number of halogens is 1. The van der Waals surface area contributed by atoms with Gasteiger partial charge in [0.25, 0.3) is 0 Å². The highest BCUT2D eigenvalue weighted by Crippen LogP contribution is 2.33. The zero-order valence-electron chi connectivity index (χ0n) is 6.45. The quantitative estimate of drug-likeness (QED) is 0.483. The molecule has 0 N–H and O–H groups in total. The minimum Gasteiger partial charge on any atom is -0.298 e. The smallest absolute Gasteiger partial charge is 0.151 e. The molecule has 1 heterocycles. The van der Waals surface area contributed by atoms with E-state index >= 15 is 0 Å². The minimum absolute atomic E-state index is 0.751. The van der Waals surface area contributed by atoms with E-state index in [2.05, 4.69) is 41.3 Å². The first-order chi connectivity index (χ1) is 6.22. The molecule has 2 aromatic rings. The molecule has 0 spiro atoms. The first-order valence-electron chi connectivity index (χ1n) is 3.58. The van der Waals surface area contributed by atoms with E-state index < -0.39 is 0 Å². The maximum absolute atomic E-state index is 10.7. The Kier molecular flexibility index (Phi) is 2.62. The van der Waals surface area contributed by atoms with Gasteiger partial charge >= 0.3 is 0 Å². The Hall–Kier alpha value is -0.0700. The Labute approximate surface area is 98.7 Å². The summed E-state index contributed by atoms with van der Waals surface area (Å²) in [6.45, 7) is 0. The normalized spacial score (nSPS) is 10.6. The van der Waals surface area contributed by atoms with Gasteiger partial charge in [0.1, 0.15) is 0 Å². The van der Waals surface area contributed by atoms with Gasteiger partial charge in [-0.05, 0) is 40.8 Å². The zero-order chi connectivity index (χ0) is 9.42. The van der Waals surface area contributed by atoms with Gasteiger partial charge < -0.3 is 0 Å². The highest BCUT2D eigenvalue weighted by Gasteiger charge is 2.06. The van der Waals surface area contributed by atoms with Crippen LogP contribution >= 0.6 is 46.6 Å². The molecule has 1 aromatic carbocycles. The van der Waals surface area contributed by atoms with E-state index in [9.17, 15) is 4.79 Å². The zero-order valence-corrected chi connectivity index (χ0v) is 10.3. The molecular formula is C9H5IOS2. The van der Waals surface area contributed by atoms with Gasteiger partial charge in [-0.25, -0.2) is 0 Å². The molecular weight excluding hydrogens is 315 g/mol. The third kappa shape index (κ3) is 1.62. The van der Waals surface area contributed by atoms with Gasteiger partial charge in [0.2, 0.25) is 0 Å².